The highest BCUT2D eigenvalue weighted by Crippen LogP contribution is 2.27. The fourth-order valence-corrected chi connectivity index (χ4v) is 4.45. The van der Waals surface area contributed by atoms with Gasteiger partial charge < -0.3 is 9.84 Å². The largest absolute Gasteiger partial charge is 0.465 e. The minimum Gasteiger partial charge on any atom is -0.465 e. The molecule has 190 valence electrons. The molecule has 0 radical (unpaired) electrons. The molecule has 1 aromatic rings. The Labute approximate surface area is 201 Å². The highest BCUT2D eigenvalue weighted by Gasteiger charge is 2.20. The van der Waals surface area contributed by atoms with Gasteiger partial charge in [-0.25, -0.2) is 14.3 Å². The smallest absolute Gasteiger partial charge is 0.417 e. The predicted molar refractivity (Wildman–Crippen MR) is 134 cm³/mol. The van der Waals surface area contributed by atoms with Crippen molar-refractivity contribution in [3.05, 3.63) is 18.2 Å². The van der Waals surface area contributed by atoms with Crippen molar-refractivity contribution in [3.8, 4) is 0 Å². The van der Waals surface area contributed by atoms with Gasteiger partial charge in [-0.1, -0.05) is 85.0 Å². The van der Waals surface area contributed by atoms with E-state index in [9.17, 15) is 14.7 Å². The van der Waals surface area contributed by atoms with Crippen LogP contribution < -0.4 is 0 Å². The molecule has 6 heteroatoms. The molecular weight excluding hydrogens is 416 g/mol. The Morgan fingerprint density at radius 2 is 1.45 bits per heavy atom. The minimum absolute atomic E-state index is 0.0524. The first-order valence-corrected chi connectivity index (χ1v) is 13.4. The maximum Gasteiger partial charge on any atom is 0.417 e. The van der Waals surface area contributed by atoms with Crippen molar-refractivity contribution in [1.82, 2.24) is 9.55 Å². The molecule has 0 aliphatic carbocycles. The summed E-state index contributed by atoms with van der Waals surface area (Å²) in [6.07, 6.45) is 18.9. The van der Waals surface area contributed by atoms with E-state index in [1.165, 1.54) is 55.7 Å². The molecule has 1 aromatic heterocycles. The number of ether oxygens (including phenoxy) is 1. The van der Waals surface area contributed by atoms with Crippen LogP contribution in [0.25, 0.3) is 0 Å². The second kappa shape index (κ2) is 18.6. The molecule has 0 bridgehead atoms. The van der Waals surface area contributed by atoms with Gasteiger partial charge in [-0.3, -0.25) is 4.79 Å². The van der Waals surface area contributed by atoms with Crippen LogP contribution in [0.15, 0.2) is 12.4 Å². The number of hydrogen-bond donors (Lipinski definition) is 1. The first-order valence-electron chi connectivity index (χ1n) is 13.4. The highest BCUT2D eigenvalue weighted by molar-refractivity contribution is 5.69. The molecule has 1 rings (SSSR count). The van der Waals surface area contributed by atoms with Crippen molar-refractivity contribution in [2.45, 2.75) is 129 Å². The molecule has 0 aliphatic rings. The van der Waals surface area contributed by atoms with E-state index in [0.717, 1.165) is 44.9 Å². The monoisotopic (exact) mass is 464 g/mol. The second-order valence-corrected chi connectivity index (χ2v) is 9.42. The van der Waals surface area contributed by atoms with E-state index < -0.39 is 6.09 Å². The summed E-state index contributed by atoms with van der Waals surface area (Å²) in [5.41, 5.74) is 0. The Morgan fingerprint density at radius 1 is 0.879 bits per heavy atom. The number of nitrogens with zero attached hydrogens (tertiary/aromatic N) is 2. The van der Waals surface area contributed by atoms with Crippen molar-refractivity contribution < 1.29 is 19.4 Å². The molecule has 1 unspecified atom stereocenters. The van der Waals surface area contributed by atoms with Crippen LogP contribution in [0.3, 0.4) is 0 Å². The lowest BCUT2D eigenvalue weighted by Crippen LogP contribution is -2.16. The summed E-state index contributed by atoms with van der Waals surface area (Å²) >= 11 is 0. The average Bonchev–Trinajstić information content (AvgIpc) is 3.29. The summed E-state index contributed by atoms with van der Waals surface area (Å²) in [5.74, 6) is 0.995. The number of carbonyl (C=O) groups is 2. The van der Waals surface area contributed by atoms with Gasteiger partial charge in [0.1, 0.15) is 5.82 Å². The normalized spacial score (nSPS) is 12.2. The molecule has 33 heavy (non-hydrogen) atoms. The van der Waals surface area contributed by atoms with Gasteiger partial charge in [-0.15, -0.1) is 0 Å². The van der Waals surface area contributed by atoms with Gasteiger partial charge in [0.25, 0.3) is 0 Å². The number of hydrogen-bond acceptors (Lipinski definition) is 4. The van der Waals surface area contributed by atoms with Gasteiger partial charge in [0.05, 0.1) is 6.61 Å². The molecule has 1 atom stereocenters. The molecule has 0 saturated carbocycles. The highest BCUT2D eigenvalue weighted by atomic mass is 16.5. The number of aromatic nitrogens is 2. The van der Waals surface area contributed by atoms with Crippen LogP contribution in [0, 0.1) is 5.92 Å². The van der Waals surface area contributed by atoms with Gasteiger partial charge in [0.2, 0.25) is 0 Å². The van der Waals surface area contributed by atoms with E-state index in [0.29, 0.717) is 31.2 Å². The Balaban J connectivity index is 2.51. The third-order valence-electron chi connectivity index (χ3n) is 6.49. The summed E-state index contributed by atoms with van der Waals surface area (Å²) < 4.78 is 6.88. The van der Waals surface area contributed by atoms with Gasteiger partial charge in [0, 0.05) is 24.7 Å². The predicted octanol–water partition coefficient (Wildman–Crippen LogP) is 7.95. The molecule has 0 saturated heterocycles. The van der Waals surface area contributed by atoms with E-state index in [-0.39, 0.29) is 11.9 Å². The molecule has 1 heterocycles. The quantitative estimate of drug-likeness (QED) is 0.156. The van der Waals surface area contributed by atoms with Crippen molar-refractivity contribution in [1.29, 1.82) is 0 Å². The Bertz CT molecular complexity index is 634. The fourth-order valence-electron chi connectivity index (χ4n) is 4.45. The molecular formula is C27H48N2O4. The van der Waals surface area contributed by atoms with Crippen LogP contribution in [-0.2, 0) is 9.53 Å². The number of unbranched alkanes of at least 4 members (excludes halogenated alkanes) is 7. The SMILES string of the molecule is CCCCCCC(CCCC(=O)OCC(CCCCC)CCCCC)c1nccn1C(=O)O. The van der Waals surface area contributed by atoms with Crippen LogP contribution in [0.4, 0.5) is 4.79 Å². The Morgan fingerprint density at radius 3 is 2.06 bits per heavy atom. The summed E-state index contributed by atoms with van der Waals surface area (Å²) in [6, 6.07) is 0. The second-order valence-electron chi connectivity index (χ2n) is 9.42. The number of rotatable bonds is 20. The van der Waals surface area contributed by atoms with E-state index >= 15 is 0 Å². The van der Waals surface area contributed by atoms with Crippen molar-refractivity contribution in [3.63, 3.8) is 0 Å². The van der Waals surface area contributed by atoms with Crippen molar-refractivity contribution in [2.24, 2.45) is 5.92 Å². The Hall–Kier alpha value is -1.85. The maximum absolute atomic E-state index is 12.4. The molecule has 0 amide bonds. The van der Waals surface area contributed by atoms with E-state index in [1.807, 2.05) is 0 Å². The van der Waals surface area contributed by atoms with Crippen LogP contribution in [-0.4, -0.2) is 33.3 Å². The van der Waals surface area contributed by atoms with E-state index in [2.05, 4.69) is 25.8 Å². The molecule has 0 aromatic carbocycles. The summed E-state index contributed by atoms with van der Waals surface area (Å²) in [4.78, 5) is 28.3. The average molecular weight is 465 g/mol. The number of imidazole rings is 1. The fraction of sp³-hybridized carbons (Fsp3) is 0.815. The molecule has 6 nitrogen and oxygen atoms in total. The molecule has 1 N–H and O–H groups in total. The lowest BCUT2D eigenvalue weighted by Gasteiger charge is -2.18. The van der Waals surface area contributed by atoms with Gasteiger partial charge in [0.15, 0.2) is 0 Å². The third kappa shape index (κ3) is 12.8. The lowest BCUT2D eigenvalue weighted by atomic mass is 9.94. The van der Waals surface area contributed by atoms with Crippen LogP contribution in [0.5, 0.6) is 0 Å². The maximum atomic E-state index is 12.4. The molecule has 0 fully saturated rings. The molecule has 0 spiro atoms. The van der Waals surface area contributed by atoms with Crippen molar-refractivity contribution in [2.75, 3.05) is 6.61 Å². The van der Waals surface area contributed by atoms with Crippen LogP contribution in [0.1, 0.15) is 135 Å². The minimum atomic E-state index is -1.00. The van der Waals surface area contributed by atoms with E-state index in [4.69, 9.17) is 4.74 Å². The third-order valence-corrected chi connectivity index (χ3v) is 6.49. The summed E-state index contributed by atoms with van der Waals surface area (Å²) in [6.45, 7) is 7.15. The van der Waals surface area contributed by atoms with Gasteiger partial charge in [-0.05, 0) is 38.0 Å². The zero-order valence-corrected chi connectivity index (χ0v) is 21.4. The Kier molecular flexibility index (Phi) is 16.4. The standard InChI is InChI=1S/C27H48N2O4/c1-4-7-10-13-17-24(26-28-20-21-29(26)27(31)32)18-14-19-25(30)33-22-23(15-11-8-5-2)16-12-9-6-3/h20-21,23-24H,4-19,22H2,1-3H3,(H,31,32). The van der Waals surface area contributed by atoms with Crippen LogP contribution >= 0.6 is 0 Å². The van der Waals surface area contributed by atoms with Gasteiger partial charge in [-0.2, -0.15) is 0 Å². The first-order chi connectivity index (χ1) is 16.0. The van der Waals surface area contributed by atoms with Crippen molar-refractivity contribution >= 4 is 12.1 Å². The van der Waals surface area contributed by atoms with E-state index in [1.54, 1.807) is 6.20 Å². The lowest BCUT2D eigenvalue weighted by molar-refractivity contribution is -0.145. The number of carbonyl (C=O) groups excluding carboxylic acids is 1. The molecule has 0 aliphatic heterocycles. The zero-order valence-electron chi connectivity index (χ0n) is 21.4. The zero-order chi connectivity index (χ0) is 24.3. The first kappa shape index (κ1) is 29.2. The summed E-state index contributed by atoms with van der Waals surface area (Å²) in [7, 11) is 0. The number of carboxylic acid groups (broad SMARTS) is 1. The van der Waals surface area contributed by atoms with Crippen LogP contribution in [0.2, 0.25) is 0 Å². The topological polar surface area (TPSA) is 81.4 Å². The number of esters is 1. The van der Waals surface area contributed by atoms with Gasteiger partial charge >= 0.3 is 12.1 Å². The summed E-state index contributed by atoms with van der Waals surface area (Å²) in [5, 5.41) is 9.45.